The van der Waals surface area contributed by atoms with Crippen LogP contribution in [0.4, 0.5) is 4.39 Å². The first-order valence-corrected chi connectivity index (χ1v) is 12.5. The van der Waals surface area contributed by atoms with Gasteiger partial charge in [0.05, 0.1) is 12.2 Å². The lowest BCUT2D eigenvalue weighted by Gasteiger charge is -2.51. The highest BCUT2D eigenvalue weighted by molar-refractivity contribution is 6.31. The van der Waals surface area contributed by atoms with Gasteiger partial charge in [-0.3, -0.25) is 9.59 Å². The molecule has 36 heavy (non-hydrogen) atoms. The van der Waals surface area contributed by atoms with Crippen LogP contribution in [0, 0.1) is 5.82 Å². The molecular formula is C29H25ClFN3O2. The first-order chi connectivity index (χ1) is 17.4. The Hall–Kier alpha value is -3.64. The zero-order valence-electron chi connectivity index (χ0n) is 19.8. The Kier molecular flexibility index (Phi) is 5.38. The van der Waals surface area contributed by atoms with Crippen LogP contribution in [0.1, 0.15) is 35.2 Å². The molecule has 1 fully saturated rings. The Bertz CT molecular complexity index is 1500. The number of carbonyl (C=O) groups excluding carboxylic acids is 2. The number of rotatable bonds is 4. The first kappa shape index (κ1) is 22.8. The second-order valence-corrected chi connectivity index (χ2v) is 10.1. The molecule has 4 aromatic rings. The monoisotopic (exact) mass is 501 g/mol. The van der Waals surface area contributed by atoms with Crippen molar-refractivity contribution < 1.29 is 14.0 Å². The van der Waals surface area contributed by atoms with Crippen LogP contribution in [-0.2, 0) is 21.5 Å². The van der Waals surface area contributed by atoms with Crippen LogP contribution < -0.4 is 0 Å². The summed E-state index contributed by atoms with van der Waals surface area (Å²) >= 11 is 6.64. The van der Waals surface area contributed by atoms with Crippen LogP contribution >= 0.6 is 11.6 Å². The number of aromatic amines is 1. The molecule has 1 N–H and O–H groups in total. The number of halogens is 2. The number of carbonyl (C=O) groups is 2. The Morgan fingerprint density at radius 2 is 1.75 bits per heavy atom. The molecule has 6 rings (SSSR count). The van der Waals surface area contributed by atoms with Gasteiger partial charge in [-0.05, 0) is 54.3 Å². The standard InChI is InChI=1S/C29H25ClFN3O2/c1-29-27-26(21-7-3-5-9-24(21)32-27)22(20-6-2-4-8-23(20)30)16-34(29)25(35)17-33(28(29)36)15-14-18-10-12-19(31)13-11-18/h2-13,22,32H,14-17H2,1H3/t22-,29-/m0/s1. The number of nitrogens with one attached hydrogen (secondary N) is 1. The molecule has 3 heterocycles. The quantitative estimate of drug-likeness (QED) is 0.416. The van der Waals surface area contributed by atoms with Gasteiger partial charge in [0, 0.05) is 34.9 Å². The fourth-order valence-corrected chi connectivity index (χ4v) is 6.08. The van der Waals surface area contributed by atoms with Crippen LogP contribution in [0.5, 0.6) is 0 Å². The smallest absolute Gasteiger partial charge is 0.254 e. The third-order valence-corrected chi connectivity index (χ3v) is 8.03. The Labute approximate surface area is 213 Å². The highest BCUT2D eigenvalue weighted by atomic mass is 35.5. The molecular weight excluding hydrogens is 477 g/mol. The zero-order chi connectivity index (χ0) is 25.0. The van der Waals surface area contributed by atoms with Crippen molar-refractivity contribution in [1.82, 2.24) is 14.8 Å². The summed E-state index contributed by atoms with van der Waals surface area (Å²) in [4.78, 5) is 34.5. The lowest BCUT2D eigenvalue weighted by atomic mass is 9.76. The van der Waals surface area contributed by atoms with Gasteiger partial charge in [0.1, 0.15) is 5.82 Å². The van der Waals surface area contributed by atoms with E-state index >= 15 is 0 Å². The van der Waals surface area contributed by atoms with Gasteiger partial charge < -0.3 is 14.8 Å². The molecule has 1 aromatic heterocycles. The lowest BCUT2D eigenvalue weighted by molar-refractivity contribution is -0.166. The fourth-order valence-electron chi connectivity index (χ4n) is 5.81. The number of H-pyrrole nitrogens is 1. The molecule has 5 nitrogen and oxygen atoms in total. The summed E-state index contributed by atoms with van der Waals surface area (Å²) in [5.41, 5.74) is 3.36. The molecule has 3 aromatic carbocycles. The van der Waals surface area contributed by atoms with Crippen LogP contribution in [-0.4, -0.2) is 46.2 Å². The molecule has 0 bridgehead atoms. The van der Waals surface area contributed by atoms with Gasteiger partial charge >= 0.3 is 0 Å². The molecule has 1 saturated heterocycles. The SMILES string of the molecule is C[C@]12C(=O)N(CCc3ccc(F)cc3)CC(=O)N1C[C@@H](c1ccccc1Cl)c1c2[nH]c2ccccc12. The third kappa shape index (κ3) is 3.43. The second-order valence-electron chi connectivity index (χ2n) is 9.71. The largest absolute Gasteiger partial charge is 0.356 e. The maximum atomic E-state index is 14.1. The summed E-state index contributed by atoms with van der Waals surface area (Å²) in [6, 6.07) is 21.9. The van der Waals surface area contributed by atoms with Crippen molar-refractivity contribution >= 4 is 34.3 Å². The fraction of sp³-hybridized carbons (Fsp3) is 0.241. The average molecular weight is 502 g/mol. The molecule has 0 aliphatic carbocycles. The molecule has 7 heteroatoms. The van der Waals surface area contributed by atoms with E-state index in [0.717, 1.165) is 33.3 Å². The molecule has 0 unspecified atom stereocenters. The number of amides is 2. The topological polar surface area (TPSA) is 56.4 Å². The van der Waals surface area contributed by atoms with E-state index in [-0.39, 0.29) is 30.1 Å². The highest BCUT2D eigenvalue weighted by Gasteiger charge is 2.56. The van der Waals surface area contributed by atoms with Crippen molar-refractivity contribution in [2.45, 2.75) is 24.8 Å². The van der Waals surface area contributed by atoms with E-state index in [0.29, 0.717) is 24.5 Å². The van der Waals surface area contributed by atoms with Crippen molar-refractivity contribution in [3.05, 3.63) is 106 Å². The van der Waals surface area contributed by atoms with E-state index < -0.39 is 5.54 Å². The molecule has 0 spiro atoms. The summed E-state index contributed by atoms with van der Waals surface area (Å²) in [7, 11) is 0. The van der Waals surface area contributed by atoms with Crippen molar-refractivity contribution in [2.75, 3.05) is 19.6 Å². The van der Waals surface area contributed by atoms with Crippen LogP contribution in [0.3, 0.4) is 0 Å². The Morgan fingerprint density at radius 1 is 1.03 bits per heavy atom. The minimum Gasteiger partial charge on any atom is -0.356 e. The number of hydrogen-bond acceptors (Lipinski definition) is 2. The van der Waals surface area contributed by atoms with E-state index in [1.807, 2.05) is 49.4 Å². The molecule has 0 saturated carbocycles. The Morgan fingerprint density at radius 3 is 2.53 bits per heavy atom. The Balaban J connectivity index is 1.44. The summed E-state index contributed by atoms with van der Waals surface area (Å²) in [6.07, 6.45) is 0.539. The van der Waals surface area contributed by atoms with Gasteiger partial charge in [0.25, 0.3) is 5.91 Å². The maximum absolute atomic E-state index is 14.1. The summed E-state index contributed by atoms with van der Waals surface area (Å²) < 4.78 is 13.3. The number of aromatic nitrogens is 1. The zero-order valence-corrected chi connectivity index (χ0v) is 20.6. The molecule has 2 aliphatic rings. The van der Waals surface area contributed by atoms with Gasteiger partial charge in [-0.25, -0.2) is 4.39 Å². The third-order valence-electron chi connectivity index (χ3n) is 7.68. The van der Waals surface area contributed by atoms with Crippen molar-refractivity contribution in [3.63, 3.8) is 0 Å². The summed E-state index contributed by atoms with van der Waals surface area (Å²) in [5, 5.41) is 1.67. The lowest BCUT2D eigenvalue weighted by Crippen LogP contribution is -2.67. The van der Waals surface area contributed by atoms with Gasteiger partial charge in [-0.15, -0.1) is 0 Å². The minimum atomic E-state index is -1.16. The first-order valence-electron chi connectivity index (χ1n) is 12.1. The number of para-hydroxylation sites is 1. The summed E-state index contributed by atoms with van der Waals surface area (Å²) in [6.45, 7) is 2.60. The highest BCUT2D eigenvalue weighted by Crippen LogP contribution is 2.49. The van der Waals surface area contributed by atoms with Crippen LogP contribution in [0.2, 0.25) is 5.02 Å². The second kappa shape index (κ2) is 8.49. The minimum absolute atomic E-state index is 0.0143. The molecule has 182 valence electrons. The summed E-state index contributed by atoms with van der Waals surface area (Å²) in [5.74, 6) is -0.680. The number of piperazine rings is 1. The van der Waals surface area contributed by atoms with Crippen molar-refractivity contribution in [2.24, 2.45) is 0 Å². The van der Waals surface area contributed by atoms with Crippen LogP contribution in [0.15, 0.2) is 72.8 Å². The van der Waals surface area contributed by atoms with Gasteiger partial charge in [0.15, 0.2) is 5.54 Å². The molecule has 0 radical (unpaired) electrons. The molecule has 2 aliphatic heterocycles. The molecule has 2 amide bonds. The van der Waals surface area contributed by atoms with E-state index in [4.69, 9.17) is 11.6 Å². The normalized spacial score (nSPS) is 21.6. The predicted octanol–water partition coefficient (Wildman–Crippen LogP) is 5.23. The van der Waals surface area contributed by atoms with Crippen molar-refractivity contribution in [1.29, 1.82) is 0 Å². The van der Waals surface area contributed by atoms with Gasteiger partial charge in [-0.1, -0.05) is 60.1 Å². The number of hydrogen-bond donors (Lipinski definition) is 1. The van der Waals surface area contributed by atoms with Crippen molar-refractivity contribution in [3.8, 4) is 0 Å². The van der Waals surface area contributed by atoms with Gasteiger partial charge in [0.2, 0.25) is 5.91 Å². The van der Waals surface area contributed by atoms with E-state index in [2.05, 4.69) is 11.1 Å². The van der Waals surface area contributed by atoms with Gasteiger partial charge in [-0.2, -0.15) is 0 Å². The maximum Gasteiger partial charge on any atom is 0.254 e. The number of fused-ring (bicyclic) bond motifs is 5. The average Bonchev–Trinajstić information content (AvgIpc) is 3.28. The van der Waals surface area contributed by atoms with Crippen LogP contribution in [0.25, 0.3) is 10.9 Å². The predicted molar refractivity (Wildman–Crippen MR) is 137 cm³/mol. The van der Waals surface area contributed by atoms with E-state index in [1.165, 1.54) is 12.1 Å². The number of benzene rings is 3. The van der Waals surface area contributed by atoms with E-state index in [9.17, 15) is 14.0 Å². The number of nitrogens with zero attached hydrogens (tertiary/aromatic N) is 2. The molecule has 2 atom stereocenters. The van der Waals surface area contributed by atoms with E-state index in [1.54, 1.807) is 21.9 Å².